The van der Waals surface area contributed by atoms with Crippen LogP contribution in [-0.2, 0) is 38.5 Å². The van der Waals surface area contributed by atoms with E-state index in [0.717, 1.165) is 73.3 Å². The Hall–Kier alpha value is -4.36. The first-order valence-electron chi connectivity index (χ1n) is 19.8. The van der Waals surface area contributed by atoms with Gasteiger partial charge in [-0.25, -0.2) is 4.98 Å². The van der Waals surface area contributed by atoms with Gasteiger partial charge in [0.05, 0.1) is 22.4 Å². The van der Waals surface area contributed by atoms with Gasteiger partial charge < -0.3 is 8.98 Å². The molecule has 0 atom stereocenters. The van der Waals surface area contributed by atoms with E-state index >= 15 is 0 Å². The van der Waals surface area contributed by atoms with Gasteiger partial charge >= 0.3 is 126 Å². The van der Waals surface area contributed by atoms with Crippen LogP contribution in [0, 0.1) is 38.8 Å². The molecule has 0 bridgehead atoms. The van der Waals surface area contributed by atoms with Crippen molar-refractivity contribution in [1.29, 1.82) is 0 Å². The summed E-state index contributed by atoms with van der Waals surface area (Å²) < 4.78 is 10.3. The number of nitrogens with zero attached hydrogens (tertiary/aromatic N) is 4. The Morgan fingerprint density at radius 2 is 1.60 bits per heavy atom. The second-order valence-corrected chi connectivity index (χ2v) is 28.3. The van der Waals surface area contributed by atoms with Crippen molar-refractivity contribution < 1.29 is 24.5 Å². The van der Waals surface area contributed by atoms with Crippen molar-refractivity contribution >= 4 is 50.8 Å². The van der Waals surface area contributed by atoms with Crippen LogP contribution in [0.5, 0.6) is 0 Å². The van der Waals surface area contributed by atoms with E-state index < -0.39 is 13.3 Å². The Labute approximate surface area is 355 Å². The number of aryl methyl sites for hydroxylation is 3. The van der Waals surface area contributed by atoms with E-state index in [4.69, 9.17) is 19.4 Å². The van der Waals surface area contributed by atoms with Crippen LogP contribution in [-0.4, -0.2) is 32.8 Å². The normalized spacial score (nSPS) is 11.9. The molecular formula is C50H54GeIrN4O-2. The minimum absolute atomic E-state index is 0. The molecule has 1 radical (unpaired) electrons. The number of furan rings is 1. The number of para-hydroxylation sites is 2. The third-order valence-electron chi connectivity index (χ3n) is 10.6. The average Bonchev–Trinajstić information content (AvgIpc) is 3.70. The van der Waals surface area contributed by atoms with Crippen LogP contribution in [0.2, 0.25) is 17.3 Å². The maximum Gasteiger partial charge on any atom is 0.216 e. The van der Waals surface area contributed by atoms with Gasteiger partial charge in [-0.3, -0.25) is 4.98 Å². The second-order valence-electron chi connectivity index (χ2n) is 17.7. The summed E-state index contributed by atoms with van der Waals surface area (Å²) >= 11 is -1.86. The maximum absolute atomic E-state index is 6.42. The van der Waals surface area contributed by atoms with Crippen molar-refractivity contribution in [3.63, 3.8) is 0 Å². The van der Waals surface area contributed by atoms with Crippen LogP contribution in [0.15, 0.2) is 102 Å². The van der Waals surface area contributed by atoms with Gasteiger partial charge in [0.15, 0.2) is 0 Å². The topological polar surface area (TPSA) is 56.7 Å². The molecule has 5 nitrogen and oxygen atoms in total. The molecular weight excluding hydrogens is 937 g/mol. The first-order valence-corrected chi connectivity index (χ1v) is 27.2. The molecule has 7 heteroatoms. The maximum atomic E-state index is 6.42. The summed E-state index contributed by atoms with van der Waals surface area (Å²) in [6, 6.07) is 38.6. The molecule has 8 aromatic rings. The Balaban J connectivity index is 0.000000223. The van der Waals surface area contributed by atoms with Crippen LogP contribution in [0.4, 0.5) is 0 Å². The standard InChI is InChI=1S/C32H30N3O.C18H24GeN.Ir/c1-19-14-15-24(29-28(19)25-16-20(2)21(3)33-31(25)36-29)30-34-26-12-7-8-13-27(26)35(30)18-22-10-9-11-23(17-22)32(4,5)6;1-14(2)11-16-12-18(15-9-7-6-8-10-15)20-13-17(16)19(3,4)5;/h7-14,16-17H,18H2,1-6H3;6-9,12-14H,11H2,1-5H3;/q2*-1;. The van der Waals surface area contributed by atoms with E-state index in [1.165, 1.54) is 16.7 Å². The van der Waals surface area contributed by atoms with Crippen LogP contribution < -0.4 is 4.40 Å². The molecule has 295 valence electrons. The predicted octanol–water partition coefficient (Wildman–Crippen LogP) is 12.4. The van der Waals surface area contributed by atoms with Crippen molar-refractivity contribution in [2.24, 2.45) is 5.92 Å². The second kappa shape index (κ2) is 16.9. The Bertz CT molecular complexity index is 2680. The molecule has 0 N–H and O–H groups in total. The van der Waals surface area contributed by atoms with E-state index in [9.17, 15) is 0 Å². The molecule has 0 saturated heterocycles. The molecule has 57 heavy (non-hydrogen) atoms. The number of hydrogen-bond acceptors (Lipinski definition) is 4. The van der Waals surface area contributed by atoms with E-state index in [-0.39, 0.29) is 25.5 Å². The molecule has 0 aliphatic rings. The number of fused-ring (bicyclic) bond motifs is 4. The van der Waals surface area contributed by atoms with Crippen molar-refractivity contribution in [2.45, 2.75) is 91.0 Å². The first-order chi connectivity index (χ1) is 26.6. The molecule has 8 rings (SSSR count). The van der Waals surface area contributed by atoms with Gasteiger partial charge in [-0.05, 0) is 54.2 Å². The molecule has 0 aliphatic heterocycles. The smallest absolute Gasteiger partial charge is 0.216 e. The van der Waals surface area contributed by atoms with E-state index in [1.54, 1.807) is 4.40 Å². The minimum atomic E-state index is -1.86. The molecule has 0 unspecified atom stereocenters. The van der Waals surface area contributed by atoms with Crippen LogP contribution in [0.1, 0.15) is 68.1 Å². The van der Waals surface area contributed by atoms with Crippen LogP contribution in [0.25, 0.3) is 55.7 Å². The van der Waals surface area contributed by atoms with Crippen LogP contribution in [0.3, 0.4) is 0 Å². The largest absolute Gasteiger partial charge is 0.486 e. The van der Waals surface area contributed by atoms with E-state index in [2.05, 4.69) is 149 Å². The fraction of sp³-hybridized carbons (Fsp3) is 0.300. The Kier molecular flexibility index (Phi) is 12.5. The van der Waals surface area contributed by atoms with Gasteiger partial charge in [-0.15, -0.1) is 17.7 Å². The molecule has 0 aliphatic carbocycles. The zero-order chi connectivity index (χ0) is 39.9. The first kappa shape index (κ1) is 42.3. The monoisotopic (exact) mass is 993 g/mol. The van der Waals surface area contributed by atoms with Gasteiger partial charge in [-0.1, -0.05) is 75.0 Å². The third kappa shape index (κ3) is 9.04. The van der Waals surface area contributed by atoms with E-state index in [0.29, 0.717) is 18.2 Å². The fourth-order valence-electron chi connectivity index (χ4n) is 7.49. The summed E-state index contributed by atoms with van der Waals surface area (Å²) in [5.74, 6) is 8.85. The quantitative estimate of drug-likeness (QED) is 0.118. The van der Waals surface area contributed by atoms with Gasteiger partial charge in [0.2, 0.25) is 5.71 Å². The van der Waals surface area contributed by atoms with Crippen molar-refractivity contribution in [2.75, 3.05) is 0 Å². The van der Waals surface area contributed by atoms with Gasteiger partial charge in [0.25, 0.3) is 0 Å². The molecule has 0 saturated carbocycles. The number of aromatic nitrogens is 4. The number of rotatable bonds is 7. The third-order valence-corrected chi connectivity index (χ3v) is 14.9. The molecule has 0 fully saturated rings. The summed E-state index contributed by atoms with van der Waals surface area (Å²) in [7, 11) is 0. The van der Waals surface area contributed by atoms with Gasteiger partial charge in [0.1, 0.15) is 0 Å². The SMILES string of the molecule is CC(C)Cc1cc(-c2[c-]cccc2)nc[c]1[Ge]([CH3])([CH3])[CH3].Cc1cc2c(nc1C)oc1c(-c3nc4ccccc4n3Cc3cccc(C(C)(C)C)c3)[c-]cc(C)c12.[Ir]. The summed E-state index contributed by atoms with van der Waals surface area (Å²) in [5.41, 5.74) is 13.9. The van der Waals surface area contributed by atoms with Gasteiger partial charge in [-0.2, -0.15) is 0 Å². The van der Waals surface area contributed by atoms with Crippen molar-refractivity contribution in [3.8, 4) is 22.6 Å². The van der Waals surface area contributed by atoms with Crippen molar-refractivity contribution in [3.05, 3.63) is 143 Å². The summed E-state index contributed by atoms with van der Waals surface area (Å²) in [4.78, 5) is 14.5. The van der Waals surface area contributed by atoms with Crippen LogP contribution >= 0.6 is 0 Å². The fourth-order valence-corrected chi connectivity index (χ4v) is 10.8. The number of hydrogen-bond donors (Lipinski definition) is 0. The summed E-state index contributed by atoms with van der Waals surface area (Å²) in [5, 5.41) is 2.13. The molecule has 0 spiro atoms. The number of benzene rings is 4. The Morgan fingerprint density at radius 3 is 2.30 bits per heavy atom. The van der Waals surface area contributed by atoms with Crippen molar-refractivity contribution in [1.82, 2.24) is 19.5 Å². The summed E-state index contributed by atoms with van der Waals surface area (Å²) in [6.07, 6.45) is 3.27. The minimum Gasteiger partial charge on any atom is -0.486 e. The van der Waals surface area contributed by atoms with Gasteiger partial charge in [0, 0.05) is 37.7 Å². The van der Waals surface area contributed by atoms with E-state index in [1.807, 2.05) is 37.3 Å². The molecule has 4 aromatic carbocycles. The molecule has 4 heterocycles. The predicted molar refractivity (Wildman–Crippen MR) is 238 cm³/mol. The zero-order valence-corrected chi connectivity index (χ0v) is 39.8. The molecule has 0 amide bonds. The number of pyridine rings is 2. The molecule has 4 aromatic heterocycles. The number of imidazole rings is 1. The summed E-state index contributed by atoms with van der Waals surface area (Å²) in [6.45, 7) is 18.3. The average molecular weight is 992 g/mol. The Morgan fingerprint density at radius 1 is 0.842 bits per heavy atom. The zero-order valence-electron chi connectivity index (χ0n) is 35.3.